The molecular formula is C12H18N2O2S. The molecule has 0 bridgehead atoms. The van der Waals surface area contributed by atoms with E-state index in [1.165, 1.54) is 0 Å². The smallest absolute Gasteiger partial charge is 0.410 e. The fourth-order valence-electron chi connectivity index (χ4n) is 1.68. The fourth-order valence-corrected chi connectivity index (χ4v) is 2.55. The van der Waals surface area contributed by atoms with Gasteiger partial charge in [0.15, 0.2) is 0 Å². The largest absolute Gasteiger partial charge is 0.444 e. The lowest BCUT2D eigenvalue weighted by Gasteiger charge is -2.29. The molecule has 0 fully saturated rings. The second-order valence-corrected chi connectivity index (χ2v) is 6.12. The molecule has 0 saturated heterocycles. The quantitative estimate of drug-likeness (QED) is 0.717. The Hall–Kier alpha value is -1.10. The third-order valence-electron chi connectivity index (χ3n) is 2.38. The summed E-state index contributed by atoms with van der Waals surface area (Å²) in [6, 6.07) is 0. The fraction of sp³-hybridized carbons (Fsp3) is 0.667. The Morgan fingerprint density at radius 2 is 2.35 bits per heavy atom. The average Bonchev–Trinajstić information content (AvgIpc) is 2.68. The second-order valence-electron chi connectivity index (χ2n) is 5.04. The molecule has 94 valence electrons. The Morgan fingerprint density at radius 3 is 3.00 bits per heavy atom. The summed E-state index contributed by atoms with van der Waals surface area (Å²) in [5.41, 5.74) is 0.260. The zero-order valence-corrected chi connectivity index (χ0v) is 11.1. The van der Waals surface area contributed by atoms with E-state index < -0.39 is 12.5 Å². The highest BCUT2D eigenvalue weighted by molar-refractivity contribution is 7.11. The van der Waals surface area contributed by atoms with E-state index in [2.05, 4.69) is 4.98 Å². The van der Waals surface area contributed by atoms with Crippen molar-refractivity contribution in [3.8, 4) is 0 Å². The molecule has 5 heteroatoms. The van der Waals surface area contributed by atoms with Gasteiger partial charge in [0.2, 0.25) is 0 Å². The minimum absolute atomic E-state index is 0.147. The predicted octanol–water partition coefficient (Wildman–Crippen LogP) is 2.74. The van der Waals surface area contributed by atoms with Crippen molar-refractivity contribution < 1.29 is 13.6 Å². The number of amides is 1. The van der Waals surface area contributed by atoms with E-state index in [1.807, 2.05) is 20.8 Å². The van der Waals surface area contributed by atoms with Gasteiger partial charge in [-0.25, -0.2) is 9.78 Å². The molecule has 0 spiro atoms. The van der Waals surface area contributed by atoms with Crippen LogP contribution in [0.25, 0.3) is 0 Å². The summed E-state index contributed by atoms with van der Waals surface area (Å²) in [6.07, 6.45) is 0.202. The molecule has 1 amide bonds. The molecule has 0 unspecified atom stereocenters. The van der Waals surface area contributed by atoms with Crippen LogP contribution in [0.2, 0.25) is 0 Å². The minimum atomic E-state index is -2.18. The highest BCUT2D eigenvalue weighted by Crippen LogP contribution is 2.25. The Bertz CT molecular complexity index is 520. The van der Waals surface area contributed by atoms with Gasteiger partial charge in [0, 0.05) is 22.0 Å². The molecule has 0 radical (unpaired) electrons. The second kappa shape index (κ2) is 4.29. The topological polar surface area (TPSA) is 42.4 Å². The van der Waals surface area contributed by atoms with Crippen LogP contribution in [0.3, 0.4) is 0 Å². The van der Waals surface area contributed by atoms with Gasteiger partial charge in [0.25, 0.3) is 0 Å². The normalized spacial score (nSPS) is 19.0. The molecule has 2 heterocycles. The van der Waals surface area contributed by atoms with Crippen LogP contribution in [0.5, 0.6) is 0 Å². The average molecular weight is 257 g/mol. The Labute approximate surface area is 110 Å². The number of nitrogens with zero attached hydrogens (tertiary/aromatic N) is 2. The van der Waals surface area contributed by atoms with Crippen molar-refractivity contribution in [1.29, 1.82) is 0 Å². The van der Waals surface area contributed by atoms with Crippen LogP contribution in [0, 0.1) is 6.85 Å². The number of fused-ring (bicyclic) bond motifs is 1. The molecular weight excluding hydrogens is 236 g/mol. The first-order valence-corrected chi connectivity index (χ1v) is 6.35. The molecule has 1 aromatic heterocycles. The van der Waals surface area contributed by atoms with Gasteiger partial charge in [-0.05, 0) is 27.6 Å². The van der Waals surface area contributed by atoms with E-state index in [4.69, 9.17) is 8.85 Å². The molecule has 1 aliphatic heterocycles. The van der Waals surface area contributed by atoms with Gasteiger partial charge in [-0.2, -0.15) is 0 Å². The number of thiazole rings is 1. The molecule has 0 aliphatic carbocycles. The molecule has 2 rings (SSSR count). The summed E-state index contributed by atoms with van der Waals surface area (Å²) in [7, 11) is 0. The Morgan fingerprint density at radius 1 is 1.59 bits per heavy atom. The van der Waals surface area contributed by atoms with Crippen LogP contribution in [0.1, 0.15) is 40.5 Å². The van der Waals surface area contributed by atoms with Gasteiger partial charge in [-0.1, -0.05) is 0 Å². The molecule has 1 aliphatic rings. The monoisotopic (exact) mass is 257 g/mol. The standard InChI is InChI=1S/C12H18N2O2S/c1-8-13-9-5-6-14(7-10(9)17-8)11(15)16-12(2,3)4/h5-7H2,1-4H3/i1D3. The van der Waals surface area contributed by atoms with Gasteiger partial charge in [0.1, 0.15) is 5.60 Å². The maximum absolute atomic E-state index is 12.0. The lowest BCUT2D eigenvalue weighted by Crippen LogP contribution is -2.39. The van der Waals surface area contributed by atoms with Crippen LogP contribution in [-0.4, -0.2) is 28.1 Å². The number of rotatable bonds is 0. The van der Waals surface area contributed by atoms with E-state index in [1.54, 1.807) is 4.90 Å². The summed E-state index contributed by atoms with van der Waals surface area (Å²) in [4.78, 5) is 18.6. The zero-order valence-electron chi connectivity index (χ0n) is 13.2. The van der Waals surface area contributed by atoms with E-state index in [0.29, 0.717) is 19.5 Å². The van der Waals surface area contributed by atoms with Crippen molar-refractivity contribution in [2.75, 3.05) is 6.54 Å². The number of aromatic nitrogens is 1. The van der Waals surface area contributed by atoms with Crippen LogP contribution in [0.15, 0.2) is 0 Å². The van der Waals surface area contributed by atoms with E-state index >= 15 is 0 Å². The first-order chi connectivity index (χ1) is 9.06. The summed E-state index contributed by atoms with van der Waals surface area (Å²) in [5.74, 6) is 0. The Balaban J connectivity index is 2.11. The van der Waals surface area contributed by atoms with E-state index in [-0.39, 0.29) is 11.1 Å². The lowest BCUT2D eigenvalue weighted by atomic mass is 10.2. The predicted molar refractivity (Wildman–Crippen MR) is 67.2 cm³/mol. The van der Waals surface area contributed by atoms with Gasteiger partial charge < -0.3 is 9.64 Å². The van der Waals surface area contributed by atoms with Crippen molar-refractivity contribution in [2.24, 2.45) is 0 Å². The van der Waals surface area contributed by atoms with Gasteiger partial charge in [0.05, 0.1) is 17.2 Å². The Kier molecular flexibility index (Phi) is 2.25. The summed E-state index contributed by atoms with van der Waals surface area (Å²) in [5, 5.41) is 0.147. The summed E-state index contributed by atoms with van der Waals surface area (Å²) < 4.78 is 27.5. The molecule has 4 nitrogen and oxygen atoms in total. The first kappa shape index (κ1) is 8.91. The van der Waals surface area contributed by atoms with Gasteiger partial charge in [-0.15, -0.1) is 11.3 Å². The minimum Gasteiger partial charge on any atom is -0.444 e. The SMILES string of the molecule is [2H]C([2H])([2H])c1nc2c(s1)CN(C(=O)OC(C)(C)C)CC2. The first-order valence-electron chi connectivity index (χ1n) is 7.03. The van der Waals surface area contributed by atoms with E-state index in [9.17, 15) is 4.79 Å². The van der Waals surface area contributed by atoms with Crippen molar-refractivity contribution >= 4 is 17.4 Å². The van der Waals surface area contributed by atoms with Crippen molar-refractivity contribution in [3.63, 3.8) is 0 Å². The highest BCUT2D eigenvalue weighted by atomic mass is 32.1. The number of hydrogen-bond donors (Lipinski definition) is 0. The van der Waals surface area contributed by atoms with Crippen LogP contribution < -0.4 is 0 Å². The highest BCUT2D eigenvalue weighted by Gasteiger charge is 2.27. The summed E-state index contributed by atoms with van der Waals surface area (Å²) >= 11 is 1.16. The van der Waals surface area contributed by atoms with Crippen molar-refractivity contribution in [3.05, 3.63) is 15.6 Å². The zero-order chi connectivity index (χ0) is 15.1. The van der Waals surface area contributed by atoms with Crippen LogP contribution >= 0.6 is 11.3 Å². The maximum atomic E-state index is 12.0. The van der Waals surface area contributed by atoms with Gasteiger partial charge in [-0.3, -0.25) is 0 Å². The van der Waals surface area contributed by atoms with Crippen LogP contribution in [0.4, 0.5) is 4.79 Å². The van der Waals surface area contributed by atoms with Crippen molar-refractivity contribution in [2.45, 2.75) is 46.2 Å². The number of hydrogen-bond acceptors (Lipinski definition) is 4. The molecule has 0 saturated carbocycles. The third-order valence-corrected chi connectivity index (χ3v) is 3.28. The van der Waals surface area contributed by atoms with Gasteiger partial charge >= 0.3 is 6.09 Å². The molecule has 0 N–H and O–H groups in total. The molecule has 1 aromatic rings. The molecule has 17 heavy (non-hydrogen) atoms. The maximum Gasteiger partial charge on any atom is 0.410 e. The lowest BCUT2D eigenvalue weighted by molar-refractivity contribution is 0.0225. The van der Waals surface area contributed by atoms with Crippen molar-refractivity contribution in [1.82, 2.24) is 9.88 Å². The van der Waals surface area contributed by atoms with Crippen LogP contribution in [-0.2, 0) is 17.7 Å². The number of carbonyl (C=O) groups excluding carboxylic acids is 1. The van der Waals surface area contributed by atoms with E-state index in [0.717, 1.165) is 21.9 Å². The molecule has 0 atom stereocenters. The summed E-state index contributed by atoms with van der Waals surface area (Å²) in [6.45, 7) is 4.15. The number of ether oxygens (including phenoxy) is 1. The molecule has 0 aromatic carbocycles. The number of carbonyl (C=O) groups is 1. The third kappa shape index (κ3) is 2.97. The number of aryl methyl sites for hydroxylation is 1.